The molecule has 128 valence electrons. The molecule has 1 atom stereocenters. The molecule has 25 heavy (non-hydrogen) atoms. The summed E-state index contributed by atoms with van der Waals surface area (Å²) in [6.07, 6.45) is 0.534. The number of benzene rings is 2. The van der Waals surface area contributed by atoms with Crippen LogP contribution in [0.2, 0.25) is 0 Å². The van der Waals surface area contributed by atoms with Crippen LogP contribution in [0.15, 0.2) is 66.7 Å². The van der Waals surface area contributed by atoms with Gasteiger partial charge in [-0.25, -0.2) is 4.98 Å². The SMILES string of the molecule is CC(CCO)N(Cc1ccccc1)C(=O)c1ccc2ccccc2n1. The highest BCUT2D eigenvalue weighted by Gasteiger charge is 2.22. The molecule has 0 saturated heterocycles. The lowest BCUT2D eigenvalue weighted by molar-refractivity contribution is 0.0643. The van der Waals surface area contributed by atoms with Crippen molar-refractivity contribution < 1.29 is 9.90 Å². The Hall–Kier alpha value is -2.72. The minimum absolute atomic E-state index is 0.0465. The molecule has 1 heterocycles. The Morgan fingerprint density at radius 1 is 1.04 bits per heavy atom. The van der Waals surface area contributed by atoms with Crippen molar-refractivity contribution in [2.75, 3.05) is 6.61 Å². The van der Waals surface area contributed by atoms with E-state index in [9.17, 15) is 9.90 Å². The van der Waals surface area contributed by atoms with Gasteiger partial charge in [0, 0.05) is 24.6 Å². The maximum absolute atomic E-state index is 13.1. The van der Waals surface area contributed by atoms with Crippen molar-refractivity contribution in [2.24, 2.45) is 0 Å². The van der Waals surface area contributed by atoms with Crippen molar-refractivity contribution in [1.29, 1.82) is 0 Å². The van der Waals surface area contributed by atoms with Gasteiger partial charge in [-0.1, -0.05) is 54.6 Å². The zero-order valence-electron chi connectivity index (χ0n) is 14.3. The summed E-state index contributed by atoms with van der Waals surface area (Å²) >= 11 is 0. The van der Waals surface area contributed by atoms with Gasteiger partial charge in [0.2, 0.25) is 0 Å². The summed E-state index contributed by atoms with van der Waals surface area (Å²) in [6, 6.07) is 21.3. The molecule has 1 amide bonds. The number of aliphatic hydroxyl groups is 1. The molecule has 0 spiro atoms. The van der Waals surface area contributed by atoms with E-state index in [4.69, 9.17) is 0 Å². The van der Waals surface area contributed by atoms with Crippen LogP contribution in [0.25, 0.3) is 10.9 Å². The van der Waals surface area contributed by atoms with Crippen molar-refractivity contribution in [3.05, 3.63) is 78.0 Å². The van der Waals surface area contributed by atoms with Gasteiger partial charge in [0.1, 0.15) is 5.69 Å². The van der Waals surface area contributed by atoms with Crippen molar-refractivity contribution >= 4 is 16.8 Å². The summed E-state index contributed by atoms with van der Waals surface area (Å²) in [5.74, 6) is -0.115. The fourth-order valence-electron chi connectivity index (χ4n) is 2.88. The predicted octanol–water partition coefficient (Wildman–Crippen LogP) is 3.65. The molecule has 3 aromatic rings. The van der Waals surface area contributed by atoms with Crippen LogP contribution in [-0.2, 0) is 6.54 Å². The van der Waals surface area contributed by atoms with Crippen LogP contribution in [0.4, 0.5) is 0 Å². The van der Waals surface area contributed by atoms with Crippen molar-refractivity contribution in [3.8, 4) is 0 Å². The van der Waals surface area contributed by atoms with Gasteiger partial charge in [-0.15, -0.1) is 0 Å². The summed E-state index contributed by atoms with van der Waals surface area (Å²) < 4.78 is 0. The topological polar surface area (TPSA) is 53.4 Å². The minimum Gasteiger partial charge on any atom is -0.396 e. The number of fused-ring (bicyclic) bond motifs is 1. The zero-order valence-corrected chi connectivity index (χ0v) is 14.3. The first-order chi connectivity index (χ1) is 12.2. The minimum atomic E-state index is -0.115. The zero-order chi connectivity index (χ0) is 17.6. The van der Waals surface area contributed by atoms with Crippen LogP contribution in [-0.4, -0.2) is 33.5 Å². The molecule has 4 heteroatoms. The maximum Gasteiger partial charge on any atom is 0.273 e. The molecule has 3 rings (SSSR count). The highest BCUT2D eigenvalue weighted by Crippen LogP contribution is 2.17. The highest BCUT2D eigenvalue weighted by atomic mass is 16.3. The predicted molar refractivity (Wildman–Crippen MR) is 99.2 cm³/mol. The van der Waals surface area contributed by atoms with Crippen LogP contribution in [0.1, 0.15) is 29.4 Å². The maximum atomic E-state index is 13.1. The molecule has 1 aromatic heterocycles. The normalized spacial score (nSPS) is 12.1. The number of hydrogen-bond donors (Lipinski definition) is 1. The quantitative estimate of drug-likeness (QED) is 0.749. The Morgan fingerprint density at radius 2 is 1.76 bits per heavy atom. The lowest BCUT2D eigenvalue weighted by Gasteiger charge is -2.29. The first-order valence-corrected chi connectivity index (χ1v) is 8.50. The van der Waals surface area contributed by atoms with E-state index >= 15 is 0 Å². The Balaban J connectivity index is 1.91. The summed E-state index contributed by atoms with van der Waals surface area (Å²) in [5.41, 5.74) is 2.30. The summed E-state index contributed by atoms with van der Waals surface area (Å²) in [4.78, 5) is 19.4. The number of para-hydroxylation sites is 1. The van der Waals surface area contributed by atoms with E-state index in [1.165, 1.54) is 0 Å². The van der Waals surface area contributed by atoms with Crippen molar-refractivity contribution in [3.63, 3.8) is 0 Å². The van der Waals surface area contributed by atoms with Gasteiger partial charge < -0.3 is 10.0 Å². The third kappa shape index (κ3) is 4.03. The van der Waals surface area contributed by atoms with Gasteiger partial charge in [-0.05, 0) is 31.0 Å². The van der Waals surface area contributed by atoms with E-state index in [-0.39, 0.29) is 18.6 Å². The third-order valence-electron chi connectivity index (χ3n) is 4.35. The molecule has 0 radical (unpaired) electrons. The number of carbonyl (C=O) groups excluding carboxylic acids is 1. The third-order valence-corrected chi connectivity index (χ3v) is 4.35. The number of pyridine rings is 1. The number of nitrogens with zero attached hydrogens (tertiary/aromatic N) is 2. The van der Waals surface area contributed by atoms with Crippen LogP contribution < -0.4 is 0 Å². The largest absolute Gasteiger partial charge is 0.396 e. The second-order valence-corrected chi connectivity index (χ2v) is 6.17. The van der Waals surface area contributed by atoms with Crippen molar-refractivity contribution in [1.82, 2.24) is 9.88 Å². The van der Waals surface area contributed by atoms with E-state index < -0.39 is 0 Å². The van der Waals surface area contributed by atoms with Crippen LogP contribution >= 0.6 is 0 Å². The molecular weight excluding hydrogens is 312 g/mol. The molecule has 1 unspecified atom stereocenters. The molecular formula is C21H22N2O2. The fourth-order valence-corrected chi connectivity index (χ4v) is 2.88. The number of amides is 1. The lowest BCUT2D eigenvalue weighted by atomic mass is 10.1. The van der Waals surface area contributed by atoms with Gasteiger partial charge in [0.05, 0.1) is 5.52 Å². The van der Waals surface area contributed by atoms with E-state index in [0.29, 0.717) is 18.7 Å². The molecule has 0 saturated carbocycles. The van der Waals surface area contributed by atoms with Gasteiger partial charge in [-0.3, -0.25) is 4.79 Å². The van der Waals surface area contributed by atoms with Crippen LogP contribution in [0.5, 0.6) is 0 Å². The number of aromatic nitrogens is 1. The Labute approximate surface area is 147 Å². The molecule has 4 nitrogen and oxygen atoms in total. The molecule has 0 aliphatic carbocycles. The average Bonchev–Trinajstić information content (AvgIpc) is 2.66. The molecule has 0 fully saturated rings. The standard InChI is InChI=1S/C21H22N2O2/c1-16(13-14-24)23(15-17-7-3-2-4-8-17)21(25)20-12-11-18-9-5-6-10-19(18)22-20/h2-12,16,24H,13-15H2,1H3. The van der Waals surface area contributed by atoms with E-state index in [0.717, 1.165) is 16.5 Å². The summed E-state index contributed by atoms with van der Waals surface area (Å²) in [7, 11) is 0. The molecule has 2 aromatic carbocycles. The smallest absolute Gasteiger partial charge is 0.273 e. The molecule has 0 bridgehead atoms. The first kappa shape index (κ1) is 17.1. The molecule has 1 N–H and O–H groups in total. The average molecular weight is 334 g/mol. The molecule has 0 aliphatic rings. The second kappa shape index (κ2) is 7.90. The number of rotatable bonds is 6. The van der Waals surface area contributed by atoms with Crippen molar-refractivity contribution in [2.45, 2.75) is 25.9 Å². The number of carbonyl (C=O) groups is 1. The first-order valence-electron chi connectivity index (χ1n) is 8.50. The van der Waals surface area contributed by atoms with Crippen LogP contribution in [0, 0.1) is 0 Å². The van der Waals surface area contributed by atoms with Gasteiger partial charge >= 0.3 is 0 Å². The molecule has 0 aliphatic heterocycles. The van der Waals surface area contributed by atoms with Crippen LogP contribution in [0.3, 0.4) is 0 Å². The van der Waals surface area contributed by atoms with Gasteiger partial charge in [0.15, 0.2) is 0 Å². The van der Waals surface area contributed by atoms with E-state index in [2.05, 4.69) is 4.98 Å². The van der Waals surface area contributed by atoms with Gasteiger partial charge in [0.25, 0.3) is 5.91 Å². The highest BCUT2D eigenvalue weighted by molar-refractivity contribution is 5.95. The Morgan fingerprint density at radius 3 is 2.52 bits per heavy atom. The monoisotopic (exact) mass is 334 g/mol. The fraction of sp³-hybridized carbons (Fsp3) is 0.238. The van der Waals surface area contributed by atoms with Gasteiger partial charge in [-0.2, -0.15) is 0 Å². The summed E-state index contributed by atoms with van der Waals surface area (Å²) in [5, 5.41) is 10.3. The summed E-state index contributed by atoms with van der Waals surface area (Å²) in [6.45, 7) is 2.50. The Kier molecular flexibility index (Phi) is 5.41. The number of hydrogen-bond acceptors (Lipinski definition) is 3. The second-order valence-electron chi connectivity index (χ2n) is 6.17. The lowest BCUT2D eigenvalue weighted by Crippen LogP contribution is -2.39. The Bertz CT molecular complexity index is 849. The number of aliphatic hydroxyl groups excluding tert-OH is 1. The van der Waals surface area contributed by atoms with E-state index in [1.54, 1.807) is 11.0 Å². The van der Waals surface area contributed by atoms with E-state index in [1.807, 2.05) is 67.6 Å².